The van der Waals surface area contributed by atoms with Crippen molar-refractivity contribution in [3.05, 3.63) is 35.4 Å². The maximum atomic E-state index is 12.6. The van der Waals surface area contributed by atoms with Gasteiger partial charge in [0.05, 0.1) is 10.9 Å². The second-order valence-corrected chi connectivity index (χ2v) is 5.74. The summed E-state index contributed by atoms with van der Waals surface area (Å²) in [5.41, 5.74) is 0.131. The van der Waals surface area contributed by atoms with Crippen LogP contribution in [0.5, 0.6) is 0 Å². The molecule has 0 saturated carbocycles. The van der Waals surface area contributed by atoms with Crippen LogP contribution in [0.15, 0.2) is 24.3 Å². The Balaban J connectivity index is 2.21. The highest BCUT2D eigenvalue weighted by atomic mass is 32.2. The first kappa shape index (κ1) is 12.8. The SMILES string of the molecule is CC1CCNC(c2cccc(C(F)(F)F)c2)S1. The summed E-state index contributed by atoms with van der Waals surface area (Å²) in [5.74, 6) is 0. The number of hydrogen-bond acceptors (Lipinski definition) is 2. The number of hydrogen-bond donors (Lipinski definition) is 1. The van der Waals surface area contributed by atoms with E-state index >= 15 is 0 Å². The minimum absolute atomic E-state index is 0.0268. The van der Waals surface area contributed by atoms with Gasteiger partial charge < -0.3 is 5.32 Å². The third-order valence-electron chi connectivity index (χ3n) is 2.77. The lowest BCUT2D eigenvalue weighted by Crippen LogP contribution is -2.29. The van der Waals surface area contributed by atoms with Crippen molar-refractivity contribution in [3.63, 3.8) is 0 Å². The van der Waals surface area contributed by atoms with Gasteiger partial charge in [0.2, 0.25) is 0 Å². The molecule has 1 nitrogen and oxygen atoms in total. The molecule has 0 spiro atoms. The molecule has 1 fully saturated rings. The van der Waals surface area contributed by atoms with E-state index in [1.54, 1.807) is 17.8 Å². The van der Waals surface area contributed by atoms with Crippen LogP contribution >= 0.6 is 11.8 Å². The summed E-state index contributed by atoms with van der Waals surface area (Å²) in [6.45, 7) is 2.96. The van der Waals surface area contributed by atoms with Crippen molar-refractivity contribution in [3.8, 4) is 0 Å². The Morgan fingerprint density at radius 1 is 1.35 bits per heavy atom. The molecule has 0 amide bonds. The first-order valence-electron chi connectivity index (χ1n) is 5.53. The third kappa shape index (κ3) is 3.16. The molecule has 5 heteroatoms. The highest BCUT2D eigenvalue weighted by Gasteiger charge is 2.31. The predicted octanol–water partition coefficient (Wildman–Crippen LogP) is 3.82. The van der Waals surface area contributed by atoms with Gasteiger partial charge in [-0.1, -0.05) is 19.1 Å². The molecular weight excluding hydrogens is 247 g/mol. The van der Waals surface area contributed by atoms with Crippen LogP contribution in [-0.2, 0) is 6.18 Å². The van der Waals surface area contributed by atoms with E-state index < -0.39 is 11.7 Å². The summed E-state index contributed by atoms with van der Waals surface area (Å²) in [5, 5.41) is 3.70. The molecule has 0 bridgehead atoms. The normalized spacial score (nSPS) is 25.9. The molecule has 1 aliphatic heterocycles. The molecule has 0 aliphatic carbocycles. The number of alkyl halides is 3. The standard InChI is InChI=1S/C12H14F3NS/c1-8-5-6-16-11(17-8)9-3-2-4-10(7-9)12(13,14)15/h2-4,7-8,11,16H,5-6H2,1H3. The quantitative estimate of drug-likeness (QED) is 0.824. The maximum absolute atomic E-state index is 12.6. The average Bonchev–Trinajstić information content (AvgIpc) is 2.28. The minimum Gasteiger partial charge on any atom is -0.302 e. The minimum atomic E-state index is -4.26. The second kappa shape index (κ2) is 4.90. The van der Waals surface area contributed by atoms with E-state index in [1.165, 1.54) is 12.1 Å². The zero-order valence-electron chi connectivity index (χ0n) is 9.42. The van der Waals surface area contributed by atoms with Crippen LogP contribution in [0.25, 0.3) is 0 Å². The lowest BCUT2D eigenvalue weighted by Gasteiger charge is -2.28. The topological polar surface area (TPSA) is 12.0 Å². The van der Waals surface area contributed by atoms with E-state index in [1.807, 2.05) is 0 Å². The van der Waals surface area contributed by atoms with Crippen molar-refractivity contribution in [1.29, 1.82) is 0 Å². The summed E-state index contributed by atoms with van der Waals surface area (Å²) in [6.07, 6.45) is -3.21. The van der Waals surface area contributed by atoms with Crippen molar-refractivity contribution < 1.29 is 13.2 Å². The zero-order chi connectivity index (χ0) is 12.5. The van der Waals surface area contributed by atoms with E-state index in [9.17, 15) is 13.2 Å². The van der Waals surface area contributed by atoms with Gasteiger partial charge in [-0.15, -0.1) is 11.8 Å². The van der Waals surface area contributed by atoms with Gasteiger partial charge in [-0.05, 0) is 30.7 Å². The lowest BCUT2D eigenvalue weighted by atomic mass is 10.1. The molecule has 1 aromatic carbocycles. The molecule has 2 rings (SSSR count). The highest BCUT2D eigenvalue weighted by molar-refractivity contribution is 8.00. The largest absolute Gasteiger partial charge is 0.416 e. The Kier molecular flexibility index (Phi) is 3.68. The van der Waals surface area contributed by atoms with E-state index in [0.29, 0.717) is 10.8 Å². The van der Waals surface area contributed by atoms with Gasteiger partial charge in [-0.25, -0.2) is 0 Å². The van der Waals surface area contributed by atoms with Crippen molar-refractivity contribution in [2.45, 2.75) is 30.1 Å². The van der Waals surface area contributed by atoms with Crippen LogP contribution in [0.2, 0.25) is 0 Å². The molecule has 1 saturated heterocycles. The van der Waals surface area contributed by atoms with Crippen LogP contribution < -0.4 is 5.32 Å². The molecular formula is C12H14F3NS. The van der Waals surface area contributed by atoms with Crippen LogP contribution in [-0.4, -0.2) is 11.8 Å². The van der Waals surface area contributed by atoms with Gasteiger partial charge >= 0.3 is 6.18 Å². The average molecular weight is 261 g/mol. The molecule has 1 heterocycles. The van der Waals surface area contributed by atoms with Gasteiger partial charge in [0, 0.05) is 5.25 Å². The van der Waals surface area contributed by atoms with Gasteiger partial charge in [-0.3, -0.25) is 0 Å². The van der Waals surface area contributed by atoms with E-state index in [2.05, 4.69) is 12.2 Å². The monoisotopic (exact) mass is 261 g/mol. The van der Waals surface area contributed by atoms with Gasteiger partial charge in [0.1, 0.15) is 0 Å². The molecule has 94 valence electrons. The Labute approximate surface area is 103 Å². The summed E-state index contributed by atoms with van der Waals surface area (Å²) < 4.78 is 37.8. The Bertz CT molecular complexity index is 392. The van der Waals surface area contributed by atoms with Crippen molar-refractivity contribution in [2.75, 3.05) is 6.54 Å². The van der Waals surface area contributed by atoms with Gasteiger partial charge in [-0.2, -0.15) is 13.2 Å². The second-order valence-electron chi connectivity index (χ2n) is 4.19. The molecule has 2 unspecified atom stereocenters. The number of benzene rings is 1. The summed E-state index contributed by atoms with van der Waals surface area (Å²) in [4.78, 5) is 0. The van der Waals surface area contributed by atoms with Crippen LogP contribution in [0.1, 0.15) is 29.8 Å². The van der Waals surface area contributed by atoms with Crippen LogP contribution in [0.3, 0.4) is 0 Å². The summed E-state index contributed by atoms with van der Waals surface area (Å²) in [6, 6.07) is 5.57. The fraction of sp³-hybridized carbons (Fsp3) is 0.500. The summed E-state index contributed by atoms with van der Waals surface area (Å²) >= 11 is 1.68. The molecule has 2 atom stereocenters. The third-order valence-corrected chi connectivity index (χ3v) is 4.18. The fourth-order valence-electron chi connectivity index (χ4n) is 1.84. The molecule has 0 radical (unpaired) electrons. The fourth-order valence-corrected chi connectivity index (χ4v) is 3.08. The van der Waals surface area contributed by atoms with Gasteiger partial charge in [0.15, 0.2) is 0 Å². The first-order valence-corrected chi connectivity index (χ1v) is 6.47. The molecule has 1 aliphatic rings. The number of nitrogens with one attached hydrogen (secondary N) is 1. The van der Waals surface area contributed by atoms with E-state index in [0.717, 1.165) is 19.0 Å². The van der Waals surface area contributed by atoms with Crippen molar-refractivity contribution in [1.82, 2.24) is 5.32 Å². The molecule has 17 heavy (non-hydrogen) atoms. The van der Waals surface area contributed by atoms with Crippen LogP contribution in [0, 0.1) is 0 Å². The van der Waals surface area contributed by atoms with E-state index in [4.69, 9.17) is 0 Å². The first-order chi connectivity index (χ1) is 7.97. The highest BCUT2D eigenvalue weighted by Crippen LogP contribution is 2.37. The Morgan fingerprint density at radius 3 is 2.76 bits per heavy atom. The Hall–Kier alpha value is -0.680. The number of halogens is 3. The van der Waals surface area contributed by atoms with Crippen molar-refractivity contribution in [2.24, 2.45) is 0 Å². The smallest absolute Gasteiger partial charge is 0.302 e. The number of thioether (sulfide) groups is 1. The lowest BCUT2D eigenvalue weighted by molar-refractivity contribution is -0.137. The zero-order valence-corrected chi connectivity index (χ0v) is 10.2. The summed E-state index contributed by atoms with van der Waals surface area (Å²) in [7, 11) is 0. The number of rotatable bonds is 1. The molecule has 0 aromatic heterocycles. The van der Waals surface area contributed by atoms with Crippen molar-refractivity contribution >= 4 is 11.8 Å². The van der Waals surface area contributed by atoms with Gasteiger partial charge in [0.25, 0.3) is 0 Å². The van der Waals surface area contributed by atoms with Crippen LogP contribution in [0.4, 0.5) is 13.2 Å². The van der Waals surface area contributed by atoms with E-state index in [-0.39, 0.29) is 5.37 Å². The predicted molar refractivity (Wildman–Crippen MR) is 63.9 cm³/mol. The molecule has 1 aromatic rings. The Morgan fingerprint density at radius 2 is 2.12 bits per heavy atom. The maximum Gasteiger partial charge on any atom is 0.416 e. The molecule has 1 N–H and O–H groups in total.